The Kier molecular flexibility index (Phi) is 7.47. The lowest BCUT2D eigenvalue weighted by atomic mass is 9.97. The van der Waals surface area contributed by atoms with Crippen LogP contribution < -0.4 is 15.5 Å². The summed E-state index contributed by atoms with van der Waals surface area (Å²) in [4.78, 5) is 41.9. The minimum atomic E-state index is -0.875. The van der Waals surface area contributed by atoms with E-state index in [2.05, 4.69) is 35.5 Å². The normalized spacial score (nSPS) is 17.5. The SMILES string of the molecule is O=C1NC(=O)C(=Cc2ccnc(N3CCC(CNCc4ccc(-c5cc(F)nc(F)c5)nc4)CC3)n2)S1. The van der Waals surface area contributed by atoms with Crippen molar-refractivity contribution in [2.45, 2.75) is 19.4 Å². The molecule has 0 aliphatic carbocycles. The van der Waals surface area contributed by atoms with E-state index >= 15 is 0 Å². The van der Waals surface area contributed by atoms with Crippen molar-refractivity contribution < 1.29 is 18.4 Å². The van der Waals surface area contributed by atoms with Gasteiger partial charge in [0.1, 0.15) is 0 Å². The Morgan fingerprint density at radius 1 is 1.08 bits per heavy atom. The van der Waals surface area contributed by atoms with Gasteiger partial charge in [-0.1, -0.05) is 6.07 Å². The number of hydrogen-bond acceptors (Lipinski definition) is 9. The fraction of sp³-hybridized carbons (Fsp3) is 0.280. The summed E-state index contributed by atoms with van der Waals surface area (Å²) in [7, 11) is 0. The number of thioether (sulfide) groups is 1. The maximum atomic E-state index is 13.3. The van der Waals surface area contributed by atoms with Crippen molar-refractivity contribution in [2.24, 2.45) is 5.92 Å². The predicted octanol–water partition coefficient (Wildman–Crippen LogP) is 3.54. The number of imide groups is 1. The van der Waals surface area contributed by atoms with Crippen LogP contribution in [0.2, 0.25) is 0 Å². The van der Waals surface area contributed by atoms with Crippen LogP contribution in [0.5, 0.6) is 0 Å². The molecule has 0 atom stereocenters. The average molecular weight is 524 g/mol. The highest BCUT2D eigenvalue weighted by Gasteiger charge is 2.25. The molecule has 12 heteroatoms. The van der Waals surface area contributed by atoms with Crippen LogP contribution in [0.1, 0.15) is 24.1 Å². The monoisotopic (exact) mass is 523 g/mol. The molecule has 2 N–H and O–H groups in total. The standard InChI is InChI=1S/C25H23F2N7O2S/c26-21-9-17(10-22(27)32-21)19-2-1-16(14-30-19)13-28-12-15-4-7-34(8-5-15)24-29-6-3-18(31-24)11-20-23(35)33-25(36)37-20/h1-3,6,9-11,14-15,28H,4-5,7-8,12-13H2,(H,33,35,36). The van der Waals surface area contributed by atoms with Gasteiger partial charge in [0.2, 0.25) is 17.8 Å². The van der Waals surface area contributed by atoms with E-state index < -0.39 is 17.8 Å². The van der Waals surface area contributed by atoms with Crippen LogP contribution >= 0.6 is 11.8 Å². The second-order valence-electron chi connectivity index (χ2n) is 8.75. The number of rotatable bonds is 7. The van der Waals surface area contributed by atoms with Crippen LogP contribution in [0.4, 0.5) is 19.5 Å². The van der Waals surface area contributed by atoms with Crippen LogP contribution in [0.15, 0.2) is 47.6 Å². The summed E-state index contributed by atoms with van der Waals surface area (Å²) in [6.45, 7) is 3.12. The molecule has 5 heterocycles. The Labute approximate surface area is 215 Å². The van der Waals surface area contributed by atoms with Crippen molar-refractivity contribution in [3.63, 3.8) is 0 Å². The Bertz CT molecular complexity index is 1320. The number of halogens is 2. The zero-order chi connectivity index (χ0) is 25.8. The van der Waals surface area contributed by atoms with Crippen molar-refractivity contribution in [3.8, 4) is 11.3 Å². The van der Waals surface area contributed by atoms with Gasteiger partial charge in [-0.3, -0.25) is 19.9 Å². The number of aromatic nitrogens is 4. The highest BCUT2D eigenvalue weighted by molar-refractivity contribution is 8.18. The van der Waals surface area contributed by atoms with E-state index in [1.165, 1.54) is 0 Å². The molecule has 5 rings (SSSR count). The number of nitrogens with zero attached hydrogens (tertiary/aromatic N) is 5. The van der Waals surface area contributed by atoms with Gasteiger partial charge in [-0.2, -0.15) is 13.8 Å². The number of nitrogens with one attached hydrogen (secondary N) is 2. The molecule has 2 saturated heterocycles. The molecule has 2 fully saturated rings. The number of carbonyl (C=O) groups excluding carboxylic acids is 2. The highest BCUT2D eigenvalue weighted by atomic mass is 32.2. The topological polar surface area (TPSA) is 113 Å². The van der Waals surface area contributed by atoms with E-state index in [1.807, 2.05) is 6.07 Å². The number of pyridine rings is 2. The molecule has 0 aromatic carbocycles. The molecular weight excluding hydrogens is 500 g/mol. The molecular formula is C25H23F2N7O2S. The smallest absolute Gasteiger partial charge is 0.290 e. The molecule has 0 saturated carbocycles. The van der Waals surface area contributed by atoms with Gasteiger partial charge >= 0.3 is 0 Å². The molecule has 0 spiro atoms. The molecule has 37 heavy (non-hydrogen) atoms. The largest absolute Gasteiger partial charge is 0.341 e. The first-order valence-electron chi connectivity index (χ1n) is 11.7. The lowest BCUT2D eigenvalue weighted by Gasteiger charge is -2.32. The number of amides is 2. The quantitative estimate of drug-likeness (QED) is 0.355. The van der Waals surface area contributed by atoms with Crippen molar-refractivity contribution in [1.82, 2.24) is 30.6 Å². The molecule has 3 aromatic rings. The van der Waals surface area contributed by atoms with Gasteiger partial charge in [-0.05, 0) is 60.8 Å². The van der Waals surface area contributed by atoms with E-state index in [9.17, 15) is 18.4 Å². The van der Waals surface area contributed by atoms with Gasteiger partial charge in [0.15, 0.2) is 0 Å². The average Bonchev–Trinajstić information content (AvgIpc) is 3.20. The van der Waals surface area contributed by atoms with Crippen molar-refractivity contribution in [3.05, 3.63) is 70.8 Å². The van der Waals surface area contributed by atoms with Crippen molar-refractivity contribution in [2.75, 3.05) is 24.5 Å². The first-order valence-corrected chi connectivity index (χ1v) is 12.6. The van der Waals surface area contributed by atoms with Gasteiger partial charge in [-0.15, -0.1) is 0 Å². The molecule has 190 valence electrons. The fourth-order valence-electron chi connectivity index (χ4n) is 4.22. The molecule has 0 radical (unpaired) electrons. The molecule has 3 aromatic heterocycles. The van der Waals surface area contributed by atoms with Crippen LogP contribution in [-0.4, -0.2) is 50.7 Å². The minimum absolute atomic E-state index is 0.324. The van der Waals surface area contributed by atoms with E-state index in [0.29, 0.717) is 40.3 Å². The number of anilines is 1. The maximum Gasteiger partial charge on any atom is 0.290 e. The van der Waals surface area contributed by atoms with E-state index in [4.69, 9.17) is 0 Å². The van der Waals surface area contributed by atoms with E-state index in [-0.39, 0.29) is 5.24 Å². The third-order valence-corrected chi connectivity index (χ3v) is 6.94. The minimum Gasteiger partial charge on any atom is -0.341 e. The summed E-state index contributed by atoms with van der Waals surface area (Å²) in [5.74, 6) is -1.05. The highest BCUT2D eigenvalue weighted by Crippen LogP contribution is 2.26. The Morgan fingerprint density at radius 2 is 1.86 bits per heavy atom. The summed E-state index contributed by atoms with van der Waals surface area (Å²) in [5, 5.41) is 5.32. The Morgan fingerprint density at radius 3 is 2.54 bits per heavy atom. The predicted molar refractivity (Wildman–Crippen MR) is 135 cm³/mol. The zero-order valence-electron chi connectivity index (χ0n) is 19.7. The summed E-state index contributed by atoms with van der Waals surface area (Å²) >= 11 is 0.864. The van der Waals surface area contributed by atoms with Gasteiger partial charge in [0.25, 0.3) is 11.1 Å². The zero-order valence-corrected chi connectivity index (χ0v) is 20.5. The molecule has 0 unspecified atom stereocenters. The van der Waals surface area contributed by atoms with Gasteiger partial charge in [0.05, 0.1) is 16.3 Å². The second kappa shape index (κ2) is 11.1. The fourth-order valence-corrected chi connectivity index (χ4v) is 4.89. The third-order valence-electron chi connectivity index (χ3n) is 6.13. The van der Waals surface area contributed by atoms with Gasteiger partial charge in [0, 0.05) is 49.7 Å². The van der Waals surface area contributed by atoms with E-state index in [0.717, 1.165) is 61.9 Å². The molecule has 2 amide bonds. The van der Waals surface area contributed by atoms with Crippen LogP contribution in [-0.2, 0) is 11.3 Å². The summed E-state index contributed by atoms with van der Waals surface area (Å²) in [5.41, 5.74) is 2.39. The lowest BCUT2D eigenvalue weighted by Crippen LogP contribution is -2.38. The molecule has 9 nitrogen and oxygen atoms in total. The third kappa shape index (κ3) is 6.33. The first kappa shape index (κ1) is 24.9. The Balaban J connectivity index is 1.09. The summed E-state index contributed by atoms with van der Waals surface area (Å²) in [6.07, 6.45) is 6.91. The molecule has 0 bridgehead atoms. The Hall–Kier alpha value is -3.77. The number of hydrogen-bond donors (Lipinski definition) is 2. The second-order valence-corrected chi connectivity index (χ2v) is 9.76. The van der Waals surface area contributed by atoms with Crippen LogP contribution in [0.3, 0.4) is 0 Å². The number of carbonyl (C=O) groups is 2. The summed E-state index contributed by atoms with van der Waals surface area (Å²) < 4.78 is 26.7. The van der Waals surface area contributed by atoms with E-state index in [1.54, 1.807) is 30.6 Å². The molecule has 2 aliphatic heterocycles. The lowest BCUT2D eigenvalue weighted by molar-refractivity contribution is -0.115. The molecule has 2 aliphatic rings. The van der Waals surface area contributed by atoms with Crippen molar-refractivity contribution in [1.29, 1.82) is 0 Å². The van der Waals surface area contributed by atoms with Crippen molar-refractivity contribution >= 4 is 34.9 Å². The first-order chi connectivity index (χ1) is 17.9. The maximum absolute atomic E-state index is 13.3. The number of piperidine rings is 1. The van der Waals surface area contributed by atoms with Gasteiger partial charge in [-0.25, -0.2) is 9.97 Å². The van der Waals surface area contributed by atoms with Gasteiger partial charge < -0.3 is 10.2 Å². The van der Waals surface area contributed by atoms with Crippen LogP contribution in [0.25, 0.3) is 17.3 Å². The summed E-state index contributed by atoms with van der Waals surface area (Å²) in [6, 6.07) is 7.65. The van der Waals surface area contributed by atoms with Crippen LogP contribution in [0, 0.1) is 17.8 Å².